The van der Waals surface area contributed by atoms with Gasteiger partial charge in [-0.25, -0.2) is 4.79 Å². The monoisotopic (exact) mass is 383 g/mol. The minimum Gasteiger partial charge on any atom is -0.453 e. The molecule has 9 heteroatoms. The molecule has 0 aromatic heterocycles. The topological polar surface area (TPSA) is 97.0 Å². The number of likely N-dealkylation sites (tertiary alicyclic amines) is 1. The molecule has 0 bridgehead atoms. The molecule has 1 heterocycles. The highest BCUT2D eigenvalue weighted by atomic mass is 35.5. The van der Waals surface area contributed by atoms with Crippen molar-refractivity contribution in [1.29, 1.82) is 0 Å². The summed E-state index contributed by atoms with van der Waals surface area (Å²) < 4.78 is 9.57. The highest BCUT2D eigenvalue weighted by Gasteiger charge is 2.34. The van der Waals surface area contributed by atoms with Gasteiger partial charge in [-0.2, -0.15) is 0 Å². The highest BCUT2D eigenvalue weighted by molar-refractivity contribution is 6.34. The van der Waals surface area contributed by atoms with Crippen LogP contribution in [0, 0.1) is 0 Å². The fourth-order valence-corrected chi connectivity index (χ4v) is 3.01. The fraction of sp³-hybridized carbons (Fsp3) is 0.471. The van der Waals surface area contributed by atoms with Gasteiger partial charge < -0.3 is 20.1 Å². The van der Waals surface area contributed by atoms with E-state index in [2.05, 4.69) is 10.6 Å². The Morgan fingerprint density at radius 2 is 2.08 bits per heavy atom. The summed E-state index contributed by atoms with van der Waals surface area (Å²) in [4.78, 5) is 37.6. The summed E-state index contributed by atoms with van der Waals surface area (Å²) in [7, 11) is 2.83. The molecule has 2 N–H and O–H groups in total. The van der Waals surface area contributed by atoms with Crippen molar-refractivity contribution >= 4 is 35.2 Å². The zero-order chi connectivity index (χ0) is 19.1. The van der Waals surface area contributed by atoms with E-state index in [0.717, 1.165) is 6.42 Å². The van der Waals surface area contributed by atoms with Gasteiger partial charge in [0.25, 0.3) is 5.91 Å². The zero-order valence-corrected chi connectivity index (χ0v) is 15.5. The lowest BCUT2D eigenvalue weighted by molar-refractivity contribution is -0.119. The Labute approximate surface area is 156 Å². The lowest BCUT2D eigenvalue weighted by Gasteiger charge is -2.22. The Morgan fingerprint density at radius 3 is 2.73 bits per heavy atom. The van der Waals surface area contributed by atoms with E-state index in [-0.39, 0.29) is 16.8 Å². The summed E-state index contributed by atoms with van der Waals surface area (Å²) in [5.74, 6) is -0.640. The molecule has 0 radical (unpaired) electrons. The van der Waals surface area contributed by atoms with Crippen LogP contribution in [0.4, 0.5) is 10.5 Å². The molecule has 1 aromatic carbocycles. The summed E-state index contributed by atoms with van der Waals surface area (Å²) >= 11 is 6.15. The van der Waals surface area contributed by atoms with Crippen LogP contribution in [0.1, 0.15) is 23.2 Å². The van der Waals surface area contributed by atoms with Gasteiger partial charge >= 0.3 is 6.09 Å². The number of rotatable bonds is 6. The Kier molecular flexibility index (Phi) is 7.23. The SMILES string of the molecule is COCCNC(=O)c1ccc(NC(=O)C2CCCN2C(=O)OC)cc1Cl. The third-order valence-corrected chi connectivity index (χ3v) is 4.35. The maximum absolute atomic E-state index is 12.5. The molecule has 1 unspecified atom stereocenters. The molecular weight excluding hydrogens is 362 g/mol. The zero-order valence-electron chi connectivity index (χ0n) is 14.7. The van der Waals surface area contributed by atoms with Crippen molar-refractivity contribution in [3.8, 4) is 0 Å². The number of nitrogens with one attached hydrogen (secondary N) is 2. The van der Waals surface area contributed by atoms with Crippen LogP contribution in [0.15, 0.2) is 18.2 Å². The van der Waals surface area contributed by atoms with Crippen LogP contribution < -0.4 is 10.6 Å². The Hall–Kier alpha value is -2.32. The number of carbonyl (C=O) groups is 3. The number of hydrogen-bond acceptors (Lipinski definition) is 5. The fourth-order valence-electron chi connectivity index (χ4n) is 2.74. The molecule has 1 aliphatic heterocycles. The van der Waals surface area contributed by atoms with E-state index in [1.54, 1.807) is 13.2 Å². The van der Waals surface area contributed by atoms with Gasteiger partial charge in [0.2, 0.25) is 5.91 Å². The van der Waals surface area contributed by atoms with Gasteiger partial charge in [0, 0.05) is 25.9 Å². The van der Waals surface area contributed by atoms with E-state index in [1.807, 2.05) is 0 Å². The lowest BCUT2D eigenvalue weighted by atomic mass is 10.1. The number of amides is 3. The quantitative estimate of drug-likeness (QED) is 0.731. The first-order valence-electron chi connectivity index (χ1n) is 8.20. The van der Waals surface area contributed by atoms with Crippen LogP contribution >= 0.6 is 11.6 Å². The van der Waals surface area contributed by atoms with E-state index in [1.165, 1.54) is 24.1 Å². The molecular formula is C17H22ClN3O5. The molecule has 1 aliphatic rings. The standard InChI is InChI=1S/C17H22ClN3O5/c1-25-9-7-19-15(22)12-6-5-11(10-13(12)18)20-16(23)14-4-3-8-21(14)17(24)26-2/h5-6,10,14H,3-4,7-9H2,1-2H3,(H,19,22)(H,20,23). The second kappa shape index (κ2) is 9.40. The number of carbonyl (C=O) groups excluding carboxylic acids is 3. The normalized spacial score (nSPS) is 16.3. The molecule has 142 valence electrons. The van der Waals surface area contributed by atoms with Crippen molar-refractivity contribution in [3.63, 3.8) is 0 Å². The van der Waals surface area contributed by atoms with Crippen molar-refractivity contribution in [2.24, 2.45) is 0 Å². The molecule has 0 saturated carbocycles. The molecule has 0 aliphatic carbocycles. The van der Waals surface area contributed by atoms with E-state index in [9.17, 15) is 14.4 Å². The minimum absolute atomic E-state index is 0.217. The van der Waals surface area contributed by atoms with Gasteiger partial charge in [-0.1, -0.05) is 11.6 Å². The van der Waals surface area contributed by atoms with Crippen LogP contribution in [-0.2, 0) is 14.3 Å². The molecule has 1 fully saturated rings. The van der Waals surface area contributed by atoms with E-state index in [4.69, 9.17) is 21.1 Å². The molecule has 26 heavy (non-hydrogen) atoms. The van der Waals surface area contributed by atoms with Crippen LogP contribution in [0.25, 0.3) is 0 Å². The number of methoxy groups -OCH3 is 2. The Morgan fingerprint density at radius 1 is 1.31 bits per heavy atom. The Bertz CT molecular complexity index is 682. The molecule has 2 rings (SSSR count). The van der Waals surface area contributed by atoms with Gasteiger partial charge in [0.1, 0.15) is 6.04 Å². The first-order chi connectivity index (χ1) is 12.5. The molecule has 1 atom stereocenters. The van der Waals surface area contributed by atoms with Crippen molar-refractivity contribution in [2.45, 2.75) is 18.9 Å². The average molecular weight is 384 g/mol. The van der Waals surface area contributed by atoms with E-state index in [0.29, 0.717) is 37.4 Å². The number of nitrogens with zero attached hydrogens (tertiary/aromatic N) is 1. The maximum Gasteiger partial charge on any atom is 0.410 e. The smallest absolute Gasteiger partial charge is 0.410 e. The van der Waals surface area contributed by atoms with Crippen LogP contribution in [0.2, 0.25) is 5.02 Å². The predicted molar refractivity (Wildman–Crippen MR) is 96.4 cm³/mol. The number of anilines is 1. The van der Waals surface area contributed by atoms with Crippen LogP contribution in [-0.4, -0.2) is 62.8 Å². The largest absolute Gasteiger partial charge is 0.453 e. The van der Waals surface area contributed by atoms with Crippen LogP contribution in [0.3, 0.4) is 0 Å². The second-order valence-electron chi connectivity index (χ2n) is 5.75. The predicted octanol–water partition coefficient (Wildman–Crippen LogP) is 1.89. The summed E-state index contributed by atoms with van der Waals surface area (Å²) in [6.07, 6.45) is 0.771. The number of ether oxygens (including phenoxy) is 2. The third-order valence-electron chi connectivity index (χ3n) is 4.04. The molecule has 8 nitrogen and oxygen atoms in total. The maximum atomic E-state index is 12.5. The summed E-state index contributed by atoms with van der Waals surface area (Å²) in [5, 5.41) is 5.62. The van der Waals surface area contributed by atoms with Crippen LogP contribution in [0.5, 0.6) is 0 Å². The Balaban J connectivity index is 2.01. The van der Waals surface area contributed by atoms with Gasteiger partial charge in [-0.3, -0.25) is 14.5 Å². The molecule has 3 amide bonds. The lowest BCUT2D eigenvalue weighted by Crippen LogP contribution is -2.43. The van der Waals surface area contributed by atoms with Gasteiger partial charge in [-0.05, 0) is 31.0 Å². The van der Waals surface area contributed by atoms with E-state index < -0.39 is 12.1 Å². The average Bonchev–Trinajstić information content (AvgIpc) is 3.11. The molecule has 1 saturated heterocycles. The minimum atomic E-state index is -0.585. The highest BCUT2D eigenvalue weighted by Crippen LogP contribution is 2.23. The van der Waals surface area contributed by atoms with Crippen molar-refractivity contribution in [2.75, 3.05) is 39.2 Å². The first-order valence-corrected chi connectivity index (χ1v) is 8.58. The summed E-state index contributed by atoms with van der Waals surface area (Å²) in [5.41, 5.74) is 0.753. The van der Waals surface area contributed by atoms with Gasteiger partial charge in [0.15, 0.2) is 0 Å². The molecule has 1 aromatic rings. The summed E-state index contributed by atoms with van der Waals surface area (Å²) in [6, 6.07) is 4.04. The van der Waals surface area contributed by atoms with Gasteiger partial charge in [-0.15, -0.1) is 0 Å². The first kappa shape index (κ1) is 20.0. The number of hydrogen-bond donors (Lipinski definition) is 2. The molecule has 0 spiro atoms. The van der Waals surface area contributed by atoms with E-state index >= 15 is 0 Å². The third kappa shape index (κ3) is 4.86. The summed E-state index contributed by atoms with van der Waals surface area (Å²) in [6.45, 7) is 1.25. The number of benzene rings is 1. The van der Waals surface area contributed by atoms with Crippen molar-refractivity contribution in [1.82, 2.24) is 10.2 Å². The van der Waals surface area contributed by atoms with Crippen molar-refractivity contribution in [3.05, 3.63) is 28.8 Å². The van der Waals surface area contributed by atoms with Gasteiger partial charge in [0.05, 0.1) is 24.3 Å². The second-order valence-corrected chi connectivity index (χ2v) is 6.16. The number of halogens is 1. The van der Waals surface area contributed by atoms with Crippen molar-refractivity contribution < 1.29 is 23.9 Å².